The molecular weight excluding hydrogens is 243 g/mol. The van der Waals surface area contributed by atoms with Gasteiger partial charge in [0.05, 0.1) is 11.0 Å². The second-order valence-electron chi connectivity index (χ2n) is 2.55. The average Bonchev–Trinajstić information content (AvgIpc) is 2.06. The van der Waals surface area contributed by atoms with Crippen molar-refractivity contribution in [3.8, 4) is 0 Å². The molecule has 1 unspecified atom stereocenters. The number of ether oxygens (including phenoxy) is 2. The van der Waals surface area contributed by atoms with Gasteiger partial charge in [0.15, 0.2) is 5.79 Å². The maximum Gasteiger partial charge on any atom is 0.176 e. The predicted octanol–water partition coefficient (Wildman–Crippen LogP) is 1.96. The molecule has 0 aliphatic carbocycles. The standard InChI is InChI=1S/C7H13IO2/c1-9-7(6-8)4-2-3-5-10-7/h2-6H2,1H3. The molecule has 0 saturated carbocycles. The fourth-order valence-electron chi connectivity index (χ4n) is 1.15. The number of rotatable bonds is 2. The van der Waals surface area contributed by atoms with Gasteiger partial charge in [0.25, 0.3) is 0 Å². The van der Waals surface area contributed by atoms with E-state index in [-0.39, 0.29) is 5.79 Å². The molecule has 3 heteroatoms. The monoisotopic (exact) mass is 256 g/mol. The summed E-state index contributed by atoms with van der Waals surface area (Å²) in [6, 6.07) is 0. The molecule has 1 aliphatic heterocycles. The number of alkyl halides is 1. The number of hydrogen-bond donors (Lipinski definition) is 0. The molecule has 1 heterocycles. The van der Waals surface area contributed by atoms with E-state index >= 15 is 0 Å². The van der Waals surface area contributed by atoms with Crippen LogP contribution in [0, 0.1) is 0 Å². The summed E-state index contributed by atoms with van der Waals surface area (Å²) in [6.45, 7) is 0.858. The maximum absolute atomic E-state index is 5.53. The van der Waals surface area contributed by atoms with Crippen molar-refractivity contribution in [3.05, 3.63) is 0 Å². The van der Waals surface area contributed by atoms with E-state index in [9.17, 15) is 0 Å². The van der Waals surface area contributed by atoms with Crippen molar-refractivity contribution >= 4 is 22.6 Å². The van der Waals surface area contributed by atoms with Gasteiger partial charge in [-0.05, 0) is 12.8 Å². The van der Waals surface area contributed by atoms with Crippen LogP contribution in [0.3, 0.4) is 0 Å². The van der Waals surface area contributed by atoms with Crippen molar-refractivity contribution < 1.29 is 9.47 Å². The van der Waals surface area contributed by atoms with Crippen molar-refractivity contribution in [1.82, 2.24) is 0 Å². The Morgan fingerprint density at radius 2 is 2.40 bits per heavy atom. The van der Waals surface area contributed by atoms with E-state index in [0.29, 0.717) is 0 Å². The molecule has 10 heavy (non-hydrogen) atoms. The van der Waals surface area contributed by atoms with Gasteiger partial charge < -0.3 is 9.47 Å². The molecule has 0 N–H and O–H groups in total. The van der Waals surface area contributed by atoms with E-state index < -0.39 is 0 Å². The minimum absolute atomic E-state index is 0.251. The summed E-state index contributed by atoms with van der Waals surface area (Å²) in [5.41, 5.74) is 0. The summed E-state index contributed by atoms with van der Waals surface area (Å²) in [7, 11) is 1.73. The van der Waals surface area contributed by atoms with Crippen LogP contribution in [0.4, 0.5) is 0 Å². The zero-order chi connectivity index (χ0) is 7.45. The van der Waals surface area contributed by atoms with Crippen LogP contribution in [0.1, 0.15) is 19.3 Å². The van der Waals surface area contributed by atoms with E-state index in [1.54, 1.807) is 7.11 Å². The number of halogens is 1. The Morgan fingerprint density at radius 1 is 1.60 bits per heavy atom. The lowest BCUT2D eigenvalue weighted by molar-refractivity contribution is -0.223. The molecule has 0 amide bonds. The number of hydrogen-bond acceptors (Lipinski definition) is 2. The van der Waals surface area contributed by atoms with Crippen molar-refractivity contribution in [1.29, 1.82) is 0 Å². The summed E-state index contributed by atoms with van der Waals surface area (Å²) < 4.78 is 11.8. The third kappa shape index (κ3) is 1.83. The Morgan fingerprint density at radius 3 is 2.70 bits per heavy atom. The van der Waals surface area contributed by atoms with Crippen LogP contribution in [0.2, 0.25) is 0 Å². The number of methoxy groups -OCH3 is 1. The lowest BCUT2D eigenvalue weighted by Gasteiger charge is -2.34. The third-order valence-corrected chi connectivity index (χ3v) is 3.05. The van der Waals surface area contributed by atoms with Crippen molar-refractivity contribution in [2.45, 2.75) is 25.0 Å². The van der Waals surface area contributed by atoms with Gasteiger partial charge in [-0.3, -0.25) is 0 Å². The summed E-state index contributed by atoms with van der Waals surface area (Å²) in [5.74, 6) is -0.251. The van der Waals surface area contributed by atoms with Crippen LogP contribution >= 0.6 is 22.6 Å². The molecule has 1 saturated heterocycles. The van der Waals surface area contributed by atoms with Crippen LogP contribution < -0.4 is 0 Å². The van der Waals surface area contributed by atoms with E-state index in [0.717, 1.165) is 17.5 Å². The van der Waals surface area contributed by atoms with Crippen LogP contribution in [-0.2, 0) is 9.47 Å². The van der Waals surface area contributed by atoms with Crippen LogP contribution in [-0.4, -0.2) is 23.9 Å². The predicted molar refractivity (Wildman–Crippen MR) is 48.4 cm³/mol. The molecule has 60 valence electrons. The molecule has 1 rings (SSSR count). The van der Waals surface area contributed by atoms with E-state index in [2.05, 4.69) is 22.6 Å². The van der Waals surface area contributed by atoms with E-state index in [1.165, 1.54) is 12.8 Å². The van der Waals surface area contributed by atoms with Gasteiger partial charge in [-0.15, -0.1) is 0 Å². The fourth-order valence-corrected chi connectivity index (χ4v) is 2.06. The molecule has 1 atom stereocenters. The van der Waals surface area contributed by atoms with Gasteiger partial charge in [0, 0.05) is 13.5 Å². The highest BCUT2D eigenvalue weighted by Crippen LogP contribution is 2.27. The quantitative estimate of drug-likeness (QED) is 0.555. The molecule has 0 bridgehead atoms. The smallest absolute Gasteiger partial charge is 0.176 e. The first kappa shape index (κ1) is 8.74. The molecule has 2 nitrogen and oxygen atoms in total. The molecule has 0 radical (unpaired) electrons. The first-order valence-electron chi connectivity index (χ1n) is 3.58. The van der Waals surface area contributed by atoms with Crippen LogP contribution in [0.15, 0.2) is 0 Å². The maximum atomic E-state index is 5.53. The van der Waals surface area contributed by atoms with Gasteiger partial charge in [-0.25, -0.2) is 0 Å². The molecule has 0 aromatic rings. The lowest BCUT2D eigenvalue weighted by atomic mass is 10.1. The van der Waals surface area contributed by atoms with Crippen molar-refractivity contribution in [2.75, 3.05) is 18.1 Å². The lowest BCUT2D eigenvalue weighted by Crippen LogP contribution is -2.39. The second kappa shape index (κ2) is 3.88. The Labute approximate surface area is 75.4 Å². The Hall–Kier alpha value is 0.650. The van der Waals surface area contributed by atoms with Crippen molar-refractivity contribution in [2.24, 2.45) is 0 Å². The first-order valence-corrected chi connectivity index (χ1v) is 5.11. The zero-order valence-electron chi connectivity index (χ0n) is 6.23. The van der Waals surface area contributed by atoms with E-state index in [1.807, 2.05) is 0 Å². The zero-order valence-corrected chi connectivity index (χ0v) is 8.39. The summed E-state index contributed by atoms with van der Waals surface area (Å²) in [5, 5.41) is 0. The molecule has 0 aromatic heterocycles. The molecule has 0 aromatic carbocycles. The topological polar surface area (TPSA) is 18.5 Å². The molecule has 1 fully saturated rings. The Balaban J connectivity index is 2.44. The third-order valence-electron chi connectivity index (χ3n) is 1.89. The Bertz CT molecular complexity index is 93.8. The van der Waals surface area contributed by atoms with Gasteiger partial charge in [0.1, 0.15) is 0 Å². The minimum atomic E-state index is -0.251. The molecule has 1 aliphatic rings. The highest BCUT2D eigenvalue weighted by Gasteiger charge is 2.31. The molecular formula is C7H13IO2. The Kier molecular flexibility index (Phi) is 3.39. The summed E-state index contributed by atoms with van der Waals surface area (Å²) >= 11 is 2.31. The second-order valence-corrected chi connectivity index (χ2v) is 3.32. The normalized spacial score (nSPS) is 34.2. The van der Waals surface area contributed by atoms with Gasteiger partial charge in [-0.2, -0.15) is 0 Å². The molecule has 0 spiro atoms. The first-order chi connectivity index (χ1) is 4.83. The summed E-state index contributed by atoms with van der Waals surface area (Å²) in [4.78, 5) is 0. The van der Waals surface area contributed by atoms with Gasteiger partial charge >= 0.3 is 0 Å². The highest BCUT2D eigenvalue weighted by atomic mass is 127. The van der Waals surface area contributed by atoms with Crippen LogP contribution in [0.5, 0.6) is 0 Å². The van der Waals surface area contributed by atoms with Gasteiger partial charge in [-0.1, -0.05) is 22.6 Å². The fraction of sp³-hybridized carbons (Fsp3) is 1.00. The highest BCUT2D eigenvalue weighted by molar-refractivity contribution is 14.1. The SMILES string of the molecule is COC1(CI)CCCCO1. The van der Waals surface area contributed by atoms with E-state index in [4.69, 9.17) is 9.47 Å². The largest absolute Gasteiger partial charge is 0.352 e. The minimum Gasteiger partial charge on any atom is -0.352 e. The van der Waals surface area contributed by atoms with Gasteiger partial charge in [0.2, 0.25) is 0 Å². The van der Waals surface area contributed by atoms with Crippen LogP contribution in [0.25, 0.3) is 0 Å². The summed E-state index contributed by atoms with van der Waals surface area (Å²) in [6.07, 6.45) is 3.46. The van der Waals surface area contributed by atoms with Crippen molar-refractivity contribution in [3.63, 3.8) is 0 Å². The average molecular weight is 256 g/mol.